The van der Waals surface area contributed by atoms with Crippen molar-refractivity contribution in [1.29, 1.82) is 0 Å². The quantitative estimate of drug-likeness (QED) is 0.480. The second kappa shape index (κ2) is 7.66. The number of nitrogens with zero attached hydrogens (tertiary/aromatic N) is 1. The van der Waals surface area contributed by atoms with Crippen molar-refractivity contribution in [3.05, 3.63) is 24.2 Å². The minimum atomic E-state index is 0. The molecule has 2 N–H and O–H groups in total. The van der Waals surface area contributed by atoms with Gasteiger partial charge in [-0.05, 0) is 38.8 Å². The summed E-state index contributed by atoms with van der Waals surface area (Å²) in [7, 11) is 0. The third kappa shape index (κ3) is 5.75. The van der Waals surface area contributed by atoms with E-state index in [9.17, 15) is 0 Å². The van der Waals surface area contributed by atoms with Crippen LogP contribution in [0.1, 0.15) is 32.4 Å². The monoisotopic (exact) mass is 363 g/mol. The molecule has 5 heteroatoms. The van der Waals surface area contributed by atoms with Crippen LogP contribution < -0.4 is 10.6 Å². The van der Waals surface area contributed by atoms with E-state index >= 15 is 0 Å². The van der Waals surface area contributed by atoms with E-state index in [-0.39, 0.29) is 24.0 Å². The summed E-state index contributed by atoms with van der Waals surface area (Å²) < 4.78 is 5.28. The van der Waals surface area contributed by atoms with Crippen LogP contribution >= 0.6 is 24.0 Å². The van der Waals surface area contributed by atoms with Gasteiger partial charge in [0.2, 0.25) is 0 Å². The van der Waals surface area contributed by atoms with Gasteiger partial charge in [-0.3, -0.25) is 4.99 Å². The van der Waals surface area contributed by atoms with E-state index in [1.165, 1.54) is 12.8 Å². The molecule has 0 aliphatic heterocycles. The van der Waals surface area contributed by atoms with Gasteiger partial charge < -0.3 is 15.1 Å². The fourth-order valence-electron chi connectivity index (χ4n) is 1.56. The molecule has 102 valence electrons. The summed E-state index contributed by atoms with van der Waals surface area (Å²) >= 11 is 0. The number of furan rings is 1. The van der Waals surface area contributed by atoms with E-state index in [0.717, 1.165) is 24.7 Å². The summed E-state index contributed by atoms with van der Waals surface area (Å²) in [5.74, 6) is 1.91. The van der Waals surface area contributed by atoms with Gasteiger partial charge >= 0.3 is 0 Å². The third-order valence-corrected chi connectivity index (χ3v) is 2.55. The van der Waals surface area contributed by atoms with Gasteiger partial charge in [0.25, 0.3) is 0 Å². The maximum Gasteiger partial charge on any atom is 0.191 e. The standard InChI is InChI=1S/C13H21N3O.HI/c1-10(2)15-13(16-11-5-6-11)14-8-7-12-4-3-9-17-12;/h3-4,9-11H,5-8H2,1-2H3,(H2,14,15,16);1H. The molecule has 1 heterocycles. The lowest BCUT2D eigenvalue weighted by atomic mass is 10.3. The van der Waals surface area contributed by atoms with Gasteiger partial charge in [0, 0.05) is 25.0 Å². The Balaban J connectivity index is 0.00000162. The highest BCUT2D eigenvalue weighted by atomic mass is 127. The molecule has 1 aromatic rings. The molecule has 0 unspecified atom stereocenters. The molecule has 0 aromatic carbocycles. The normalized spacial score (nSPS) is 15.4. The van der Waals surface area contributed by atoms with Gasteiger partial charge in [-0.2, -0.15) is 0 Å². The lowest BCUT2D eigenvalue weighted by molar-refractivity contribution is 0.510. The average molecular weight is 363 g/mol. The van der Waals surface area contributed by atoms with Crippen molar-refractivity contribution < 1.29 is 4.42 Å². The fourth-order valence-corrected chi connectivity index (χ4v) is 1.56. The van der Waals surface area contributed by atoms with E-state index < -0.39 is 0 Å². The van der Waals surface area contributed by atoms with Crippen LogP contribution in [0.3, 0.4) is 0 Å². The Morgan fingerprint density at radius 1 is 1.50 bits per heavy atom. The highest BCUT2D eigenvalue weighted by molar-refractivity contribution is 14.0. The average Bonchev–Trinajstić information content (AvgIpc) is 2.92. The molecule has 0 amide bonds. The first-order valence-electron chi connectivity index (χ1n) is 6.34. The Morgan fingerprint density at radius 2 is 2.28 bits per heavy atom. The second-order valence-corrected chi connectivity index (χ2v) is 4.78. The van der Waals surface area contributed by atoms with E-state index in [4.69, 9.17) is 4.42 Å². The van der Waals surface area contributed by atoms with Crippen LogP contribution in [0.4, 0.5) is 0 Å². The molecule has 1 aliphatic carbocycles. The molecule has 0 atom stereocenters. The molecule has 0 radical (unpaired) electrons. The van der Waals surface area contributed by atoms with Crippen molar-refractivity contribution in [2.24, 2.45) is 4.99 Å². The van der Waals surface area contributed by atoms with Crippen molar-refractivity contribution in [2.45, 2.75) is 45.2 Å². The molecular weight excluding hydrogens is 341 g/mol. The van der Waals surface area contributed by atoms with E-state index in [1.54, 1.807) is 6.26 Å². The second-order valence-electron chi connectivity index (χ2n) is 4.78. The van der Waals surface area contributed by atoms with Crippen LogP contribution in [-0.4, -0.2) is 24.6 Å². The number of hydrogen-bond acceptors (Lipinski definition) is 2. The largest absolute Gasteiger partial charge is 0.469 e. The van der Waals surface area contributed by atoms with Crippen LogP contribution in [-0.2, 0) is 6.42 Å². The first kappa shape index (κ1) is 15.3. The zero-order valence-electron chi connectivity index (χ0n) is 11.0. The van der Waals surface area contributed by atoms with Crippen molar-refractivity contribution in [3.63, 3.8) is 0 Å². The van der Waals surface area contributed by atoms with Crippen LogP contribution in [0.5, 0.6) is 0 Å². The molecule has 2 rings (SSSR count). The van der Waals surface area contributed by atoms with Gasteiger partial charge in [0.05, 0.1) is 6.26 Å². The van der Waals surface area contributed by atoms with Crippen molar-refractivity contribution in [2.75, 3.05) is 6.54 Å². The van der Waals surface area contributed by atoms with Crippen molar-refractivity contribution in [1.82, 2.24) is 10.6 Å². The molecule has 0 bridgehead atoms. The van der Waals surface area contributed by atoms with Crippen LogP contribution in [0, 0.1) is 0 Å². The molecule has 0 spiro atoms. The zero-order chi connectivity index (χ0) is 12.1. The third-order valence-electron chi connectivity index (χ3n) is 2.55. The summed E-state index contributed by atoms with van der Waals surface area (Å²) in [6, 6.07) is 4.93. The first-order valence-corrected chi connectivity index (χ1v) is 6.34. The zero-order valence-corrected chi connectivity index (χ0v) is 13.3. The molecule has 1 fully saturated rings. The van der Waals surface area contributed by atoms with Crippen LogP contribution in [0.15, 0.2) is 27.8 Å². The summed E-state index contributed by atoms with van der Waals surface area (Å²) in [4.78, 5) is 4.55. The summed E-state index contributed by atoms with van der Waals surface area (Å²) in [6.45, 7) is 5.00. The van der Waals surface area contributed by atoms with Gasteiger partial charge in [-0.25, -0.2) is 0 Å². The molecule has 1 aliphatic rings. The maximum atomic E-state index is 5.28. The van der Waals surface area contributed by atoms with E-state index in [2.05, 4.69) is 29.5 Å². The number of aliphatic imine (C=N–C) groups is 1. The Labute approximate surface area is 126 Å². The Morgan fingerprint density at radius 3 is 2.83 bits per heavy atom. The lowest BCUT2D eigenvalue weighted by Crippen LogP contribution is -2.42. The lowest BCUT2D eigenvalue weighted by Gasteiger charge is -2.14. The molecule has 1 aromatic heterocycles. The molecule has 0 saturated heterocycles. The predicted octanol–water partition coefficient (Wildman–Crippen LogP) is 2.55. The number of hydrogen-bond donors (Lipinski definition) is 2. The summed E-state index contributed by atoms with van der Waals surface area (Å²) in [5, 5.41) is 6.75. The van der Waals surface area contributed by atoms with Gasteiger partial charge in [0.15, 0.2) is 5.96 Å². The van der Waals surface area contributed by atoms with Gasteiger partial charge in [-0.15, -0.1) is 24.0 Å². The van der Waals surface area contributed by atoms with Crippen molar-refractivity contribution in [3.8, 4) is 0 Å². The summed E-state index contributed by atoms with van der Waals surface area (Å²) in [6.07, 6.45) is 5.07. The van der Waals surface area contributed by atoms with Crippen molar-refractivity contribution >= 4 is 29.9 Å². The Bertz CT molecular complexity index is 352. The molecule has 4 nitrogen and oxygen atoms in total. The van der Waals surface area contributed by atoms with E-state index in [1.807, 2.05) is 12.1 Å². The predicted molar refractivity (Wildman–Crippen MR) is 84.6 cm³/mol. The number of nitrogens with one attached hydrogen (secondary N) is 2. The highest BCUT2D eigenvalue weighted by Crippen LogP contribution is 2.18. The summed E-state index contributed by atoms with van der Waals surface area (Å²) in [5.41, 5.74) is 0. The Hall–Kier alpha value is -0.720. The topological polar surface area (TPSA) is 49.6 Å². The minimum Gasteiger partial charge on any atom is -0.469 e. The number of guanidine groups is 1. The number of halogens is 1. The number of rotatable bonds is 5. The van der Waals surface area contributed by atoms with Gasteiger partial charge in [-0.1, -0.05) is 0 Å². The highest BCUT2D eigenvalue weighted by Gasteiger charge is 2.22. The maximum absolute atomic E-state index is 5.28. The Kier molecular flexibility index (Phi) is 6.52. The fraction of sp³-hybridized carbons (Fsp3) is 0.615. The van der Waals surface area contributed by atoms with Crippen LogP contribution in [0.2, 0.25) is 0 Å². The van der Waals surface area contributed by atoms with E-state index in [0.29, 0.717) is 12.1 Å². The molecule has 18 heavy (non-hydrogen) atoms. The van der Waals surface area contributed by atoms with Gasteiger partial charge in [0.1, 0.15) is 5.76 Å². The first-order chi connectivity index (χ1) is 8.24. The smallest absolute Gasteiger partial charge is 0.191 e. The molecule has 1 saturated carbocycles. The molecular formula is C13H22IN3O. The SMILES string of the molecule is CC(C)NC(=NCCc1ccco1)NC1CC1.I. The van der Waals surface area contributed by atoms with Crippen LogP contribution in [0.25, 0.3) is 0 Å². The minimum absolute atomic E-state index is 0.